The molecule has 7 nitrogen and oxygen atoms in total. The van der Waals surface area contributed by atoms with Crippen LogP contribution in [0.2, 0.25) is 0 Å². The molecule has 0 bridgehead atoms. The maximum atomic E-state index is 10.8. The van der Waals surface area contributed by atoms with E-state index >= 15 is 0 Å². The third-order valence-electron chi connectivity index (χ3n) is 3.01. The zero-order chi connectivity index (χ0) is 15.2. The highest BCUT2D eigenvalue weighted by Crippen LogP contribution is 2.23. The second-order valence-electron chi connectivity index (χ2n) is 4.81. The SMILES string of the molecule is CCCc1nnc(SCC(=O)O)n1C(C)Cn1ccnc1. The summed E-state index contributed by atoms with van der Waals surface area (Å²) < 4.78 is 4.03. The molecule has 2 heterocycles. The summed E-state index contributed by atoms with van der Waals surface area (Å²) in [7, 11) is 0. The molecule has 2 aromatic heterocycles. The van der Waals surface area contributed by atoms with Gasteiger partial charge in [-0.25, -0.2) is 4.98 Å². The van der Waals surface area contributed by atoms with Crippen LogP contribution in [0.1, 0.15) is 32.1 Å². The average Bonchev–Trinajstić information content (AvgIpc) is 3.06. The van der Waals surface area contributed by atoms with Crippen molar-refractivity contribution in [1.29, 1.82) is 0 Å². The second-order valence-corrected chi connectivity index (χ2v) is 5.75. The van der Waals surface area contributed by atoms with Crippen LogP contribution in [-0.2, 0) is 17.8 Å². The fraction of sp³-hybridized carbons (Fsp3) is 0.538. The molecule has 2 rings (SSSR count). The van der Waals surface area contributed by atoms with Crippen molar-refractivity contribution < 1.29 is 9.90 Å². The lowest BCUT2D eigenvalue weighted by Crippen LogP contribution is -2.16. The Labute approximate surface area is 127 Å². The number of aromatic nitrogens is 5. The molecule has 0 saturated carbocycles. The van der Waals surface area contributed by atoms with Crippen molar-refractivity contribution in [2.45, 2.75) is 44.4 Å². The van der Waals surface area contributed by atoms with Gasteiger partial charge in [-0.1, -0.05) is 18.7 Å². The monoisotopic (exact) mass is 309 g/mol. The van der Waals surface area contributed by atoms with E-state index in [0.717, 1.165) is 25.2 Å². The Bertz CT molecular complexity index is 581. The van der Waals surface area contributed by atoms with Crippen LogP contribution >= 0.6 is 11.8 Å². The van der Waals surface area contributed by atoms with Gasteiger partial charge in [-0.2, -0.15) is 0 Å². The lowest BCUT2D eigenvalue weighted by Gasteiger charge is -2.18. The van der Waals surface area contributed by atoms with Gasteiger partial charge in [-0.05, 0) is 13.3 Å². The molecule has 8 heteroatoms. The van der Waals surface area contributed by atoms with Crippen molar-refractivity contribution in [3.8, 4) is 0 Å². The summed E-state index contributed by atoms with van der Waals surface area (Å²) in [6, 6.07) is 0.132. The Balaban J connectivity index is 2.20. The second kappa shape index (κ2) is 7.26. The van der Waals surface area contributed by atoms with E-state index < -0.39 is 5.97 Å². The lowest BCUT2D eigenvalue weighted by molar-refractivity contribution is -0.133. The maximum Gasteiger partial charge on any atom is 0.313 e. The first kappa shape index (κ1) is 15.6. The molecular formula is C13H19N5O2S. The van der Waals surface area contributed by atoms with E-state index in [2.05, 4.69) is 29.0 Å². The molecule has 1 atom stereocenters. The number of nitrogens with zero attached hydrogens (tertiary/aromatic N) is 5. The molecule has 0 aliphatic rings. The molecule has 0 amide bonds. The number of thioether (sulfide) groups is 1. The van der Waals surface area contributed by atoms with Crippen LogP contribution in [-0.4, -0.2) is 41.1 Å². The standard InChI is InChI=1S/C13H19N5O2S/c1-3-4-11-15-16-13(21-8-12(19)20)18(11)10(2)7-17-6-5-14-9-17/h5-6,9-10H,3-4,7-8H2,1-2H3,(H,19,20). The minimum atomic E-state index is -0.853. The maximum absolute atomic E-state index is 10.8. The van der Waals surface area contributed by atoms with Crippen LogP contribution in [0.5, 0.6) is 0 Å². The Kier molecular flexibility index (Phi) is 5.38. The van der Waals surface area contributed by atoms with Gasteiger partial charge < -0.3 is 14.2 Å². The molecule has 0 saturated heterocycles. The van der Waals surface area contributed by atoms with Gasteiger partial charge in [0.25, 0.3) is 0 Å². The topological polar surface area (TPSA) is 85.8 Å². The fourth-order valence-corrected chi connectivity index (χ4v) is 2.93. The van der Waals surface area contributed by atoms with Crippen LogP contribution in [0.15, 0.2) is 23.9 Å². The first-order valence-electron chi connectivity index (χ1n) is 6.86. The number of hydrogen-bond acceptors (Lipinski definition) is 5. The van der Waals surface area contributed by atoms with Gasteiger partial charge in [0.15, 0.2) is 5.16 Å². The van der Waals surface area contributed by atoms with Crippen molar-refractivity contribution in [3.05, 3.63) is 24.5 Å². The van der Waals surface area contributed by atoms with E-state index in [4.69, 9.17) is 5.11 Å². The van der Waals surface area contributed by atoms with Gasteiger partial charge in [0.05, 0.1) is 18.1 Å². The number of aliphatic carboxylic acids is 1. The van der Waals surface area contributed by atoms with E-state index in [1.54, 1.807) is 12.5 Å². The molecule has 21 heavy (non-hydrogen) atoms. The molecule has 0 aromatic carbocycles. The molecule has 0 spiro atoms. The number of carboxylic acid groups (broad SMARTS) is 1. The summed E-state index contributed by atoms with van der Waals surface area (Å²) >= 11 is 1.21. The molecule has 2 aromatic rings. The van der Waals surface area contributed by atoms with Gasteiger partial charge in [-0.15, -0.1) is 10.2 Å². The van der Waals surface area contributed by atoms with Crippen molar-refractivity contribution in [2.75, 3.05) is 5.75 Å². The molecule has 1 unspecified atom stereocenters. The van der Waals surface area contributed by atoms with Crippen LogP contribution in [0, 0.1) is 0 Å². The zero-order valence-electron chi connectivity index (χ0n) is 12.1. The quantitative estimate of drug-likeness (QED) is 0.749. The third-order valence-corrected chi connectivity index (χ3v) is 3.94. The summed E-state index contributed by atoms with van der Waals surface area (Å²) in [6.45, 7) is 4.91. The first-order valence-corrected chi connectivity index (χ1v) is 7.84. The molecule has 0 aliphatic carbocycles. The minimum Gasteiger partial charge on any atom is -0.481 e. The number of hydrogen-bond donors (Lipinski definition) is 1. The third kappa shape index (κ3) is 4.07. The van der Waals surface area contributed by atoms with Gasteiger partial charge in [-0.3, -0.25) is 4.79 Å². The van der Waals surface area contributed by atoms with E-state index in [1.807, 2.05) is 15.3 Å². The predicted molar refractivity (Wildman–Crippen MR) is 79.3 cm³/mol. The summed E-state index contributed by atoms with van der Waals surface area (Å²) in [6.07, 6.45) is 7.22. The summed E-state index contributed by atoms with van der Waals surface area (Å²) in [5.74, 6) is 0.0362. The van der Waals surface area contributed by atoms with E-state index in [0.29, 0.717) is 5.16 Å². The Morgan fingerprint density at radius 3 is 2.90 bits per heavy atom. The highest BCUT2D eigenvalue weighted by molar-refractivity contribution is 7.99. The first-order chi connectivity index (χ1) is 10.1. The van der Waals surface area contributed by atoms with Crippen LogP contribution < -0.4 is 0 Å². The van der Waals surface area contributed by atoms with Crippen LogP contribution in [0.4, 0.5) is 0 Å². The molecule has 0 radical (unpaired) electrons. The predicted octanol–water partition coefficient (Wildman–Crippen LogP) is 1.86. The van der Waals surface area contributed by atoms with Gasteiger partial charge in [0.1, 0.15) is 5.82 Å². The van der Waals surface area contributed by atoms with Crippen molar-refractivity contribution >= 4 is 17.7 Å². The fourth-order valence-electron chi connectivity index (χ4n) is 2.15. The van der Waals surface area contributed by atoms with Crippen molar-refractivity contribution in [1.82, 2.24) is 24.3 Å². The van der Waals surface area contributed by atoms with Crippen molar-refractivity contribution in [3.63, 3.8) is 0 Å². The largest absolute Gasteiger partial charge is 0.481 e. The number of rotatable bonds is 8. The number of carbonyl (C=O) groups is 1. The molecule has 0 fully saturated rings. The highest BCUT2D eigenvalue weighted by Gasteiger charge is 2.18. The van der Waals surface area contributed by atoms with Gasteiger partial charge >= 0.3 is 5.97 Å². The van der Waals surface area contributed by atoms with Crippen LogP contribution in [0.25, 0.3) is 0 Å². The van der Waals surface area contributed by atoms with E-state index in [-0.39, 0.29) is 11.8 Å². The minimum absolute atomic E-state index is 0.0119. The molecule has 0 aliphatic heterocycles. The van der Waals surface area contributed by atoms with Gasteiger partial charge in [0.2, 0.25) is 0 Å². The summed E-state index contributed by atoms with van der Waals surface area (Å²) in [4.78, 5) is 14.8. The number of imidazole rings is 1. The highest BCUT2D eigenvalue weighted by atomic mass is 32.2. The Morgan fingerprint density at radius 1 is 1.48 bits per heavy atom. The lowest BCUT2D eigenvalue weighted by atomic mass is 10.2. The molecule has 1 N–H and O–H groups in total. The smallest absolute Gasteiger partial charge is 0.313 e. The zero-order valence-corrected chi connectivity index (χ0v) is 13.0. The molecular weight excluding hydrogens is 290 g/mol. The Morgan fingerprint density at radius 2 is 2.29 bits per heavy atom. The van der Waals surface area contributed by atoms with E-state index in [9.17, 15) is 4.79 Å². The summed E-state index contributed by atoms with van der Waals surface area (Å²) in [5.41, 5.74) is 0. The summed E-state index contributed by atoms with van der Waals surface area (Å²) in [5, 5.41) is 17.8. The number of aryl methyl sites for hydroxylation is 1. The number of carboxylic acids is 1. The van der Waals surface area contributed by atoms with Crippen molar-refractivity contribution in [2.24, 2.45) is 0 Å². The normalized spacial score (nSPS) is 12.5. The Hall–Kier alpha value is -1.83. The average molecular weight is 309 g/mol. The molecule has 114 valence electrons. The van der Waals surface area contributed by atoms with E-state index in [1.165, 1.54) is 11.8 Å². The van der Waals surface area contributed by atoms with Gasteiger partial charge in [0, 0.05) is 25.4 Å². The van der Waals surface area contributed by atoms with Crippen LogP contribution in [0.3, 0.4) is 0 Å².